The molecule has 144 valence electrons. The van der Waals surface area contributed by atoms with Gasteiger partial charge in [0.15, 0.2) is 0 Å². The highest BCUT2D eigenvalue weighted by atomic mass is 16.2. The number of carbonyl (C=O) groups is 1. The molecular weight excluding hydrogens is 346 g/mol. The molecule has 0 saturated heterocycles. The van der Waals surface area contributed by atoms with E-state index in [1.807, 2.05) is 30.3 Å². The van der Waals surface area contributed by atoms with E-state index in [4.69, 9.17) is 0 Å². The molecule has 0 aliphatic rings. The maximum atomic E-state index is 12.0. The van der Waals surface area contributed by atoms with Crippen molar-refractivity contribution in [1.29, 1.82) is 0 Å². The summed E-state index contributed by atoms with van der Waals surface area (Å²) in [6.07, 6.45) is 2.86. The highest BCUT2D eigenvalue weighted by Gasteiger charge is 2.10. The van der Waals surface area contributed by atoms with Crippen molar-refractivity contribution in [1.82, 2.24) is 9.99 Å². The molecule has 4 nitrogen and oxygen atoms in total. The third-order valence-electron chi connectivity index (χ3n) is 4.81. The van der Waals surface area contributed by atoms with Crippen molar-refractivity contribution < 1.29 is 4.79 Å². The van der Waals surface area contributed by atoms with Crippen molar-refractivity contribution in [2.24, 2.45) is 5.10 Å². The second kappa shape index (κ2) is 8.70. The minimum Gasteiger partial charge on any atom is -0.318 e. The molecule has 1 N–H and O–H groups in total. The topological polar surface area (TPSA) is 46.4 Å². The molecular formula is C24H27N3O. The fourth-order valence-corrected chi connectivity index (χ4v) is 3.53. The number of hydrazone groups is 1. The summed E-state index contributed by atoms with van der Waals surface area (Å²) in [5.74, 6) is -0.0804. The summed E-state index contributed by atoms with van der Waals surface area (Å²) in [5.41, 5.74) is 10.7. The highest BCUT2D eigenvalue weighted by Crippen LogP contribution is 2.21. The smallest absolute Gasteiger partial charge is 0.240 e. The third kappa shape index (κ3) is 4.77. The standard InChI is InChI=1S/C24H27N3O/c1-17-12-18(2)14-23(13-17)27-19(3)15-22(20(27)4)16-25-26-24(28)11-10-21-8-6-5-7-9-21/h5-9,12-16H,10-11H2,1-4H3,(H,26,28)/b25-16-. The largest absolute Gasteiger partial charge is 0.318 e. The van der Waals surface area contributed by atoms with Crippen molar-refractivity contribution in [3.05, 3.63) is 88.2 Å². The summed E-state index contributed by atoms with van der Waals surface area (Å²) in [7, 11) is 0. The molecule has 4 heteroatoms. The van der Waals surface area contributed by atoms with E-state index in [1.54, 1.807) is 6.21 Å². The SMILES string of the molecule is Cc1cc(C)cc(-n2c(C)cc(/C=N\NC(=O)CCc3ccccc3)c2C)c1. The number of nitrogens with one attached hydrogen (secondary N) is 1. The summed E-state index contributed by atoms with van der Waals surface area (Å²) in [4.78, 5) is 12.0. The molecule has 0 spiro atoms. The minimum absolute atomic E-state index is 0.0804. The van der Waals surface area contributed by atoms with Crippen LogP contribution in [0.1, 0.15) is 40.1 Å². The number of amides is 1. The first-order valence-corrected chi connectivity index (χ1v) is 9.57. The van der Waals surface area contributed by atoms with Crippen LogP contribution in [0.2, 0.25) is 0 Å². The van der Waals surface area contributed by atoms with Gasteiger partial charge in [-0.3, -0.25) is 4.79 Å². The quantitative estimate of drug-likeness (QED) is 0.490. The Morgan fingerprint density at radius 2 is 1.68 bits per heavy atom. The molecule has 0 aliphatic heterocycles. The van der Waals surface area contributed by atoms with Crippen LogP contribution in [0.5, 0.6) is 0 Å². The van der Waals surface area contributed by atoms with Crippen molar-refractivity contribution in [3.8, 4) is 5.69 Å². The van der Waals surface area contributed by atoms with E-state index in [0.29, 0.717) is 12.8 Å². The zero-order chi connectivity index (χ0) is 20.1. The third-order valence-corrected chi connectivity index (χ3v) is 4.81. The average molecular weight is 374 g/mol. The Morgan fingerprint density at radius 3 is 2.36 bits per heavy atom. The predicted molar refractivity (Wildman–Crippen MR) is 115 cm³/mol. The van der Waals surface area contributed by atoms with Gasteiger partial charge >= 0.3 is 0 Å². The normalized spacial score (nSPS) is 11.1. The maximum absolute atomic E-state index is 12.0. The average Bonchev–Trinajstić information content (AvgIpc) is 2.93. The molecule has 2 aromatic carbocycles. The van der Waals surface area contributed by atoms with Gasteiger partial charge in [-0.05, 0) is 69.0 Å². The van der Waals surface area contributed by atoms with Gasteiger partial charge in [0.05, 0.1) is 6.21 Å². The minimum atomic E-state index is -0.0804. The van der Waals surface area contributed by atoms with E-state index in [9.17, 15) is 4.79 Å². The van der Waals surface area contributed by atoms with Gasteiger partial charge in [-0.2, -0.15) is 5.10 Å². The maximum Gasteiger partial charge on any atom is 0.240 e. The van der Waals surface area contributed by atoms with E-state index in [1.165, 1.54) is 11.1 Å². The van der Waals surface area contributed by atoms with E-state index >= 15 is 0 Å². The Bertz CT molecular complexity index is 980. The number of benzene rings is 2. The molecule has 1 heterocycles. The Kier molecular flexibility index (Phi) is 6.09. The summed E-state index contributed by atoms with van der Waals surface area (Å²) >= 11 is 0. The van der Waals surface area contributed by atoms with Crippen LogP contribution in [0, 0.1) is 27.7 Å². The Morgan fingerprint density at radius 1 is 1.00 bits per heavy atom. The molecule has 1 amide bonds. The van der Waals surface area contributed by atoms with Crippen molar-refractivity contribution in [2.75, 3.05) is 0 Å². The van der Waals surface area contributed by atoms with Crippen LogP contribution in [0.4, 0.5) is 0 Å². The lowest BCUT2D eigenvalue weighted by molar-refractivity contribution is -0.121. The number of hydrogen-bond acceptors (Lipinski definition) is 2. The molecule has 1 aromatic heterocycles. The van der Waals surface area contributed by atoms with E-state index in [0.717, 1.165) is 28.2 Å². The van der Waals surface area contributed by atoms with Crippen molar-refractivity contribution in [3.63, 3.8) is 0 Å². The number of rotatable bonds is 6. The Labute approximate surface area is 166 Å². The number of aryl methyl sites for hydroxylation is 4. The molecule has 3 rings (SSSR count). The zero-order valence-electron chi connectivity index (χ0n) is 17.0. The Balaban J connectivity index is 1.67. The van der Waals surface area contributed by atoms with Gasteiger partial charge in [-0.25, -0.2) is 5.43 Å². The molecule has 28 heavy (non-hydrogen) atoms. The van der Waals surface area contributed by atoms with Gasteiger partial charge in [0, 0.05) is 29.1 Å². The molecule has 0 unspecified atom stereocenters. The number of hydrogen-bond donors (Lipinski definition) is 1. The molecule has 3 aromatic rings. The molecule has 0 aliphatic carbocycles. The Hall–Kier alpha value is -3.14. The van der Waals surface area contributed by atoms with Gasteiger partial charge < -0.3 is 4.57 Å². The first-order chi connectivity index (χ1) is 13.4. The lowest BCUT2D eigenvalue weighted by Gasteiger charge is -2.11. The van der Waals surface area contributed by atoms with Gasteiger partial charge in [-0.15, -0.1) is 0 Å². The lowest BCUT2D eigenvalue weighted by atomic mass is 10.1. The first-order valence-electron chi connectivity index (χ1n) is 9.57. The monoisotopic (exact) mass is 373 g/mol. The second-order valence-corrected chi connectivity index (χ2v) is 7.29. The van der Waals surface area contributed by atoms with Crippen LogP contribution in [-0.4, -0.2) is 16.7 Å². The molecule has 0 atom stereocenters. The van der Waals surface area contributed by atoms with Crippen molar-refractivity contribution >= 4 is 12.1 Å². The second-order valence-electron chi connectivity index (χ2n) is 7.29. The van der Waals surface area contributed by atoms with Gasteiger partial charge in [0.1, 0.15) is 0 Å². The fourth-order valence-electron chi connectivity index (χ4n) is 3.53. The summed E-state index contributed by atoms with van der Waals surface area (Å²) in [6, 6.07) is 18.6. The first kappa shape index (κ1) is 19.6. The van der Waals surface area contributed by atoms with Crippen LogP contribution in [0.25, 0.3) is 5.69 Å². The van der Waals surface area contributed by atoms with Crippen LogP contribution in [0.3, 0.4) is 0 Å². The van der Waals surface area contributed by atoms with Gasteiger partial charge in [-0.1, -0.05) is 36.4 Å². The van der Waals surface area contributed by atoms with Crippen LogP contribution in [-0.2, 0) is 11.2 Å². The van der Waals surface area contributed by atoms with Gasteiger partial charge in [0.25, 0.3) is 0 Å². The van der Waals surface area contributed by atoms with Crippen LogP contribution < -0.4 is 5.43 Å². The predicted octanol–water partition coefficient (Wildman–Crippen LogP) is 4.79. The van der Waals surface area contributed by atoms with Gasteiger partial charge in [0.2, 0.25) is 5.91 Å². The van der Waals surface area contributed by atoms with E-state index in [-0.39, 0.29) is 5.91 Å². The van der Waals surface area contributed by atoms with E-state index in [2.05, 4.69) is 67.1 Å². The molecule has 0 fully saturated rings. The number of nitrogens with zero attached hydrogens (tertiary/aromatic N) is 2. The van der Waals surface area contributed by atoms with Crippen LogP contribution in [0.15, 0.2) is 59.7 Å². The lowest BCUT2D eigenvalue weighted by Crippen LogP contribution is -2.17. The van der Waals surface area contributed by atoms with Crippen molar-refractivity contribution in [2.45, 2.75) is 40.5 Å². The number of aromatic nitrogens is 1. The molecule has 0 bridgehead atoms. The fraction of sp³-hybridized carbons (Fsp3) is 0.250. The highest BCUT2D eigenvalue weighted by molar-refractivity contribution is 5.84. The molecule has 0 radical (unpaired) electrons. The summed E-state index contributed by atoms with van der Waals surface area (Å²) in [5, 5.41) is 4.16. The summed E-state index contributed by atoms with van der Waals surface area (Å²) < 4.78 is 2.22. The number of carbonyl (C=O) groups excluding carboxylic acids is 1. The molecule has 0 saturated carbocycles. The zero-order valence-corrected chi connectivity index (χ0v) is 17.0. The van der Waals surface area contributed by atoms with E-state index < -0.39 is 0 Å². The van der Waals surface area contributed by atoms with Crippen LogP contribution >= 0.6 is 0 Å². The summed E-state index contributed by atoms with van der Waals surface area (Å²) in [6.45, 7) is 8.37.